The van der Waals surface area contributed by atoms with Crippen LogP contribution in [-0.2, 0) is 28.7 Å². The number of hydrogen-bond acceptors (Lipinski definition) is 8. The summed E-state index contributed by atoms with van der Waals surface area (Å²) in [6.07, 6.45) is 2.70. The molecule has 0 aliphatic carbocycles. The molecule has 2 atom stereocenters. The SMILES string of the molecule is CCCCCCCN(C(=O)C(CC(N)=O)NC(=O)OC(C)(C)C)C(C(=O)NCC(=O)OC)c1cccc(O)c1. The second-order valence-corrected chi connectivity index (χ2v) is 10.1. The van der Waals surface area contributed by atoms with Crippen LogP contribution >= 0.6 is 0 Å². The zero-order valence-electron chi connectivity index (χ0n) is 23.5. The third-order valence-corrected chi connectivity index (χ3v) is 5.56. The van der Waals surface area contributed by atoms with E-state index in [9.17, 15) is 29.1 Å². The summed E-state index contributed by atoms with van der Waals surface area (Å²) < 4.78 is 9.85. The van der Waals surface area contributed by atoms with Gasteiger partial charge in [0, 0.05) is 6.54 Å². The lowest BCUT2D eigenvalue weighted by atomic mass is 10.0. The number of unbranched alkanes of at least 4 members (excludes halogenated alkanes) is 4. The van der Waals surface area contributed by atoms with Gasteiger partial charge in [0.15, 0.2) is 0 Å². The van der Waals surface area contributed by atoms with Gasteiger partial charge in [0.2, 0.25) is 17.7 Å². The minimum atomic E-state index is -1.43. The maximum Gasteiger partial charge on any atom is 0.408 e. The maximum atomic E-state index is 13.9. The van der Waals surface area contributed by atoms with Gasteiger partial charge in [0.25, 0.3) is 0 Å². The fourth-order valence-electron chi connectivity index (χ4n) is 3.80. The van der Waals surface area contributed by atoms with Crippen LogP contribution < -0.4 is 16.4 Å². The highest BCUT2D eigenvalue weighted by atomic mass is 16.6. The Bertz CT molecular complexity index is 992. The van der Waals surface area contributed by atoms with Gasteiger partial charge in [-0.2, -0.15) is 0 Å². The van der Waals surface area contributed by atoms with E-state index < -0.39 is 60.4 Å². The molecule has 0 aliphatic heterocycles. The second kappa shape index (κ2) is 16.2. The van der Waals surface area contributed by atoms with E-state index in [0.29, 0.717) is 6.42 Å². The maximum absolute atomic E-state index is 13.9. The smallest absolute Gasteiger partial charge is 0.408 e. The van der Waals surface area contributed by atoms with Crippen LogP contribution in [-0.4, -0.2) is 71.6 Å². The van der Waals surface area contributed by atoms with E-state index in [1.807, 2.05) is 0 Å². The molecule has 0 heterocycles. The molecule has 0 fully saturated rings. The number of phenolic OH excluding ortho intramolecular Hbond substituents is 1. The fourth-order valence-corrected chi connectivity index (χ4v) is 3.80. The molecule has 39 heavy (non-hydrogen) atoms. The Morgan fingerprint density at radius 3 is 2.31 bits per heavy atom. The average Bonchev–Trinajstić information content (AvgIpc) is 2.84. The van der Waals surface area contributed by atoms with Gasteiger partial charge in [-0.25, -0.2) is 4.79 Å². The number of alkyl carbamates (subject to hydrolysis) is 1. The van der Waals surface area contributed by atoms with Crippen molar-refractivity contribution in [1.29, 1.82) is 0 Å². The molecule has 12 heteroatoms. The molecular weight excluding hydrogens is 508 g/mol. The molecule has 1 rings (SSSR count). The highest BCUT2D eigenvalue weighted by Crippen LogP contribution is 2.26. The summed E-state index contributed by atoms with van der Waals surface area (Å²) in [4.78, 5) is 64.6. The van der Waals surface area contributed by atoms with Crippen LogP contribution in [0.5, 0.6) is 5.75 Å². The number of carbonyl (C=O) groups excluding carboxylic acids is 5. The first kappa shape index (κ1) is 33.2. The van der Waals surface area contributed by atoms with Gasteiger partial charge in [0.05, 0.1) is 13.5 Å². The van der Waals surface area contributed by atoms with Crippen molar-refractivity contribution in [3.05, 3.63) is 29.8 Å². The van der Waals surface area contributed by atoms with Crippen LogP contribution in [0, 0.1) is 0 Å². The Hall–Kier alpha value is -3.83. The summed E-state index contributed by atoms with van der Waals surface area (Å²) >= 11 is 0. The molecule has 0 saturated carbocycles. The van der Waals surface area contributed by atoms with Gasteiger partial charge < -0.3 is 35.8 Å². The number of carbonyl (C=O) groups is 5. The van der Waals surface area contributed by atoms with Crippen LogP contribution in [0.4, 0.5) is 4.79 Å². The van der Waals surface area contributed by atoms with E-state index in [2.05, 4.69) is 22.3 Å². The first-order valence-corrected chi connectivity index (χ1v) is 13.0. The number of primary amides is 1. The molecule has 0 aliphatic rings. The fraction of sp³-hybridized carbons (Fsp3) is 0.593. The van der Waals surface area contributed by atoms with Crippen LogP contribution in [0.15, 0.2) is 24.3 Å². The third-order valence-electron chi connectivity index (χ3n) is 5.56. The van der Waals surface area contributed by atoms with Crippen LogP contribution in [0.3, 0.4) is 0 Å². The molecule has 1 aromatic carbocycles. The van der Waals surface area contributed by atoms with E-state index in [1.165, 1.54) is 30.2 Å². The van der Waals surface area contributed by atoms with Crippen molar-refractivity contribution in [3.8, 4) is 5.75 Å². The van der Waals surface area contributed by atoms with Crippen molar-refractivity contribution in [2.45, 2.75) is 83.9 Å². The summed E-state index contributed by atoms with van der Waals surface area (Å²) in [7, 11) is 1.17. The Morgan fingerprint density at radius 2 is 1.74 bits per heavy atom. The number of nitrogens with zero attached hydrogens (tertiary/aromatic N) is 1. The largest absolute Gasteiger partial charge is 0.508 e. The number of nitrogens with one attached hydrogen (secondary N) is 2. The molecule has 4 amide bonds. The topological polar surface area (TPSA) is 177 Å². The number of phenols is 1. The molecule has 0 radical (unpaired) electrons. The number of rotatable bonds is 15. The van der Waals surface area contributed by atoms with E-state index in [4.69, 9.17) is 10.5 Å². The number of aromatic hydroxyl groups is 1. The second-order valence-electron chi connectivity index (χ2n) is 10.1. The van der Waals surface area contributed by atoms with Crippen molar-refractivity contribution in [3.63, 3.8) is 0 Å². The van der Waals surface area contributed by atoms with Crippen LogP contribution in [0.1, 0.15) is 77.8 Å². The average molecular weight is 551 g/mol. The predicted octanol–water partition coefficient (Wildman–Crippen LogP) is 2.29. The Kier molecular flexibility index (Phi) is 13.8. The highest BCUT2D eigenvalue weighted by Gasteiger charge is 2.37. The molecule has 0 aromatic heterocycles. The third kappa shape index (κ3) is 12.5. The summed E-state index contributed by atoms with van der Waals surface area (Å²) in [5, 5.41) is 15.0. The van der Waals surface area contributed by atoms with Gasteiger partial charge in [-0.1, -0.05) is 44.7 Å². The van der Waals surface area contributed by atoms with E-state index >= 15 is 0 Å². The Morgan fingerprint density at radius 1 is 1.08 bits per heavy atom. The number of benzene rings is 1. The Labute approximate surface area is 229 Å². The minimum absolute atomic E-state index is 0.0831. The molecule has 0 spiro atoms. The molecule has 2 unspecified atom stereocenters. The first-order chi connectivity index (χ1) is 18.3. The minimum Gasteiger partial charge on any atom is -0.508 e. The number of ether oxygens (including phenoxy) is 2. The monoisotopic (exact) mass is 550 g/mol. The van der Waals surface area contributed by atoms with E-state index in [0.717, 1.165) is 25.7 Å². The molecule has 12 nitrogen and oxygen atoms in total. The number of nitrogens with two attached hydrogens (primary N) is 1. The normalized spacial score (nSPS) is 12.5. The number of amides is 4. The van der Waals surface area contributed by atoms with Crippen molar-refractivity contribution >= 4 is 29.8 Å². The zero-order valence-corrected chi connectivity index (χ0v) is 23.5. The van der Waals surface area contributed by atoms with Gasteiger partial charge in [-0.05, 0) is 44.9 Å². The Balaban J connectivity index is 3.48. The summed E-state index contributed by atoms with van der Waals surface area (Å²) in [6.45, 7) is 6.62. The highest BCUT2D eigenvalue weighted by molar-refractivity contribution is 5.95. The van der Waals surface area contributed by atoms with E-state index in [-0.39, 0.29) is 17.9 Å². The molecule has 218 valence electrons. The van der Waals surface area contributed by atoms with Gasteiger partial charge in [-0.15, -0.1) is 0 Å². The lowest BCUT2D eigenvalue weighted by Crippen LogP contribution is -2.54. The van der Waals surface area contributed by atoms with Crippen LogP contribution in [0.2, 0.25) is 0 Å². The first-order valence-electron chi connectivity index (χ1n) is 13.0. The van der Waals surface area contributed by atoms with E-state index in [1.54, 1.807) is 26.8 Å². The number of esters is 1. The lowest BCUT2D eigenvalue weighted by molar-refractivity contribution is -0.145. The van der Waals surface area contributed by atoms with Crippen LogP contribution in [0.25, 0.3) is 0 Å². The summed E-state index contributed by atoms with van der Waals surface area (Å²) in [6, 6.07) is 3.05. The van der Waals surface area contributed by atoms with Crippen molar-refractivity contribution in [1.82, 2.24) is 15.5 Å². The van der Waals surface area contributed by atoms with Gasteiger partial charge in [-0.3, -0.25) is 19.2 Å². The zero-order chi connectivity index (χ0) is 29.6. The standard InChI is InChI=1S/C27H42N4O8/c1-6-7-8-9-10-14-31(25(36)20(16-21(28)33)30-26(37)39-27(2,3)4)23(18-12-11-13-19(32)15-18)24(35)29-17-22(34)38-5/h11-13,15,20,23,32H,6-10,14,16-17H2,1-5H3,(H2,28,33)(H,29,35)(H,30,37). The van der Waals surface area contributed by atoms with Crippen molar-refractivity contribution < 1.29 is 38.6 Å². The molecular formula is C27H42N4O8. The molecule has 5 N–H and O–H groups in total. The number of methoxy groups -OCH3 is 1. The molecule has 1 aromatic rings. The lowest BCUT2D eigenvalue weighted by Gasteiger charge is -2.34. The summed E-state index contributed by atoms with van der Waals surface area (Å²) in [5.41, 5.74) is 4.77. The quantitative estimate of drug-likeness (QED) is 0.190. The molecule has 0 saturated heterocycles. The predicted molar refractivity (Wildman–Crippen MR) is 143 cm³/mol. The van der Waals surface area contributed by atoms with Gasteiger partial charge in [0.1, 0.15) is 30.0 Å². The van der Waals surface area contributed by atoms with Crippen molar-refractivity contribution in [2.75, 3.05) is 20.2 Å². The number of hydrogen-bond donors (Lipinski definition) is 4. The summed E-state index contributed by atoms with van der Waals surface area (Å²) in [5.74, 6) is -3.17. The van der Waals surface area contributed by atoms with Crippen molar-refractivity contribution in [2.24, 2.45) is 5.73 Å². The molecule has 0 bridgehead atoms. The van der Waals surface area contributed by atoms with Gasteiger partial charge >= 0.3 is 12.1 Å².